The van der Waals surface area contributed by atoms with Gasteiger partial charge in [0.2, 0.25) is 0 Å². The summed E-state index contributed by atoms with van der Waals surface area (Å²) in [6.07, 6.45) is 4.43. The first-order valence-electron chi connectivity index (χ1n) is 6.95. The number of esters is 1. The second kappa shape index (κ2) is 6.75. The quantitative estimate of drug-likeness (QED) is 0.663. The third-order valence-electron chi connectivity index (χ3n) is 3.72. The van der Waals surface area contributed by atoms with E-state index in [-0.39, 0.29) is 12.6 Å². The maximum Gasteiger partial charge on any atom is 0.331 e. The van der Waals surface area contributed by atoms with Crippen LogP contribution >= 0.6 is 0 Å². The zero-order chi connectivity index (χ0) is 13.7. The minimum Gasteiger partial charge on any atom is -0.467 e. The first-order valence-corrected chi connectivity index (χ1v) is 6.95. The van der Waals surface area contributed by atoms with Gasteiger partial charge in [0.25, 0.3) is 0 Å². The van der Waals surface area contributed by atoms with E-state index in [1.54, 1.807) is 4.90 Å². The zero-order valence-electron chi connectivity index (χ0n) is 11.5. The molecule has 2 fully saturated rings. The first kappa shape index (κ1) is 14.1. The number of urea groups is 1. The molecule has 0 aromatic heterocycles. The van der Waals surface area contributed by atoms with E-state index in [2.05, 4.69) is 0 Å². The maximum atomic E-state index is 12.5. The van der Waals surface area contributed by atoms with Crippen molar-refractivity contribution in [2.24, 2.45) is 0 Å². The van der Waals surface area contributed by atoms with E-state index in [4.69, 9.17) is 9.47 Å². The zero-order valence-corrected chi connectivity index (χ0v) is 11.5. The summed E-state index contributed by atoms with van der Waals surface area (Å²) in [4.78, 5) is 27.7. The van der Waals surface area contributed by atoms with Gasteiger partial charge in [-0.25, -0.2) is 9.59 Å². The largest absolute Gasteiger partial charge is 0.467 e. The number of morpholine rings is 1. The van der Waals surface area contributed by atoms with Gasteiger partial charge in [-0.2, -0.15) is 0 Å². The van der Waals surface area contributed by atoms with Crippen LogP contribution in [0.4, 0.5) is 4.79 Å². The molecule has 0 aliphatic carbocycles. The van der Waals surface area contributed by atoms with Gasteiger partial charge in [0.1, 0.15) is 0 Å². The number of ether oxygens (including phenoxy) is 2. The molecule has 0 saturated carbocycles. The summed E-state index contributed by atoms with van der Waals surface area (Å²) in [6.45, 7) is 2.72. The van der Waals surface area contributed by atoms with Crippen molar-refractivity contribution in [2.45, 2.75) is 31.7 Å². The first-order chi connectivity index (χ1) is 9.24. The Morgan fingerprint density at radius 1 is 1.11 bits per heavy atom. The summed E-state index contributed by atoms with van der Waals surface area (Å²) in [5.41, 5.74) is 0. The molecule has 2 aliphatic heterocycles. The molecule has 6 nitrogen and oxygen atoms in total. The van der Waals surface area contributed by atoms with E-state index < -0.39 is 12.0 Å². The van der Waals surface area contributed by atoms with E-state index in [1.807, 2.05) is 4.90 Å². The Kier molecular flexibility index (Phi) is 5.01. The molecule has 2 heterocycles. The molecule has 2 aliphatic rings. The van der Waals surface area contributed by atoms with Crippen molar-refractivity contribution in [2.75, 3.05) is 40.0 Å². The molecule has 108 valence electrons. The van der Waals surface area contributed by atoms with Crippen molar-refractivity contribution in [1.29, 1.82) is 0 Å². The molecule has 2 rings (SSSR count). The van der Waals surface area contributed by atoms with Crippen LogP contribution in [0, 0.1) is 0 Å². The molecule has 6 heteroatoms. The molecular formula is C13H22N2O4. The Bertz CT molecular complexity index is 327. The summed E-state index contributed by atoms with van der Waals surface area (Å²) in [5, 5.41) is 0. The molecular weight excluding hydrogens is 248 g/mol. The van der Waals surface area contributed by atoms with Crippen LogP contribution < -0.4 is 0 Å². The number of rotatable bonds is 1. The number of hydrogen-bond donors (Lipinski definition) is 0. The summed E-state index contributed by atoms with van der Waals surface area (Å²) in [5.74, 6) is -0.400. The number of carbonyl (C=O) groups excluding carboxylic acids is 2. The van der Waals surface area contributed by atoms with Crippen molar-refractivity contribution < 1.29 is 19.1 Å². The minimum atomic E-state index is -0.602. The van der Waals surface area contributed by atoms with Crippen LogP contribution in [0.5, 0.6) is 0 Å². The molecule has 0 aromatic carbocycles. The molecule has 2 saturated heterocycles. The van der Waals surface area contributed by atoms with Crippen LogP contribution in [0.2, 0.25) is 0 Å². The fourth-order valence-electron chi connectivity index (χ4n) is 2.61. The fourth-order valence-corrected chi connectivity index (χ4v) is 2.61. The van der Waals surface area contributed by atoms with Crippen LogP contribution in [0.3, 0.4) is 0 Å². The highest BCUT2D eigenvalue weighted by molar-refractivity contribution is 5.84. The SMILES string of the molecule is COC(=O)C1COCCN1C(=O)N1CCCCCC1. The Morgan fingerprint density at radius 2 is 1.79 bits per heavy atom. The van der Waals surface area contributed by atoms with Crippen molar-refractivity contribution >= 4 is 12.0 Å². The number of likely N-dealkylation sites (tertiary alicyclic amines) is 1. The van der Waals surface area contributed by atoms with Crippen LogP contribution in [0.15, 0.2) is 0 Å². The van der Waals surface area contributed by atoms with Crippen molar-refractivity contribution in [3.8, 4) is 0 Å². The Labute approximate surface area is 113 Å². The normalized spacial score (nSPS) is 24.8. The fraction of sp³-hybridized carbons (Fsp3) is 0.846. The molecule has 0 N–H and O–H groups in total. The van der Waals surface area contributed by atoms with Gasteiger partial charge in [0.15, 0.2) is 6.04 Å². The Hall–Kier alpha value is -1.30. The highest BCUT2D eigenvalue weighted by Gasteiger charge is 2.35. The van der Waals surface area contributed by atoms with Gasteiger partial charge in [-0.3, -0.25) is 0 Å². The lowest BCUT2D eigenvalue weighted by Crippen LogP contribution is -2.57. The van der Waals surface area contributed by atoms with E-state index >= 15 is 0 Å². The molecule has 0 radical (unpaired) electrons. The van der Waals surface area contributed by atoms with Crippen LogP contribution in [0.1, 0.15) is 25.7 Å². The van der Waals surface area contributed by atoms with Gasteiger partial charge in [-0.1, -0.05) is 12.8 Å². The lowest BCUT2D eigenvalue weighted by molar-refractivity contribution is -0.151. The third-order valence-corrected chi connectivity index (χ3v) is 3.72. The van der Waals surface area contributed by atoms with Crippen molar-refractivity contribution in [3.63, 3.8) is 0 Å². The summed E-state index contributed by atoms with van der Waals surface area (Å²) in [7, 11) is 1.34. The topological polar surface area (TPSA) is 59.1 Å². The van der Waals surface area contributed by atoms with E-state index in [0.29, 0.717) is 13.2 Å². The van der Waals surface area contributed by atoms with E-state index in [0.717, 1.165) is 25.9 Å². The Balaban J connectivity index is 2.03. The average Bonchev–Trinajstić information content (AvgIpc) is 2.74. The number of carbonyl (C=O) groups is 2. The summed E-state index contributed by atoms with van der Waals surface area (Å²) < 4.78 is 10.0. The van der Waals surface area contributed by atoms with Crippen molar-refractivity contribution in [1.82, 2.24) is 9.80 Å². The third kappa shape index (κ3) is 3.37. The second-order valence-corrected chi connectivity index (χ2v) is 4.99. The predicted octanol–water partition coefficient (Wildman–Crippen LogP) is 0.856. The lowest BCUT2D eigenvalue weighted by atomic mass is 10.2. The highest BCUT2D eigenvalue weighted by atomic mass is 16.5. The van der Waals surface area contributed by atoms with Gasteiger partial charge in [-0.05, 0) is 12.8 Å². The molecule has 19 heavy (non-hydrogen) atoms. The maximum absolute atomic E-state index is 12.5. The smallest absolute Gasteiger partial charge is 0.331 e. The standard InChI is InChI=1S/C13H22N2O4/c1-18-12(16)11-10-19-9-8-15(11)13(17)14-6-4-2-3-5-7-14/h11H,2-10H2,1H3. The summed E-state index contributed by atoms with van der Waals surface area (Å²) in [6, 6.07) is -0.657. The number of hydrogen-bond acceptors (Lipinski definition) is 4. The van der Waals surface area contributed by atoms with Gasteiger partial charge in [0, 0.05) is 19.6 Å². The van der Waals surface area contributed by atoms with Crippen molar-refractivity contribution in [3.05, 3.63) is 0 Å². The van der Waals surface area contributed by atoms with Gasteiger partial charge < -0.3 is 19.3 Å². The number of nitrogens with zero attached hydrogens (tertiary/aromatic N) is 2. The number of amides is 2. The second-order valence-electron chi connectivity index (χ2n) is 4.99. The van der Waals surface area contributed by atoms with E-state index in [9.17, 15) is 9.59 Å². The molecule has 0 spiro atoms. The van der Waals surface area contributed by atoms with Gasteiger partial charge in [-0.15, -0.1) is 0 Å². The summed E-state index contributed by atoms with van der Waals surface area (Å²) >= 11 is 0. The molecule has 0 bridgehead atoms. The molecule has 2 amide bonds. The van der Waals surface area contributed by atoms with Gasteiger partial charge in [0.05, 0.1) is 20.3 Å². The average molecular weight is 270 g/mol. The van der Waals surface area contributed by atoms with Crippen LogP contribution in [-0.2, 0) is 14.3 Å². The lowest BCUT2D eigenvalue weighted by Gasteiger charge is -2.37. The Morgan fingerprint density at radius 3 is 2.42 bits per heavy atom. The molecule has 0 aromatic rings. The number of methoxy groups -OCH3 is 1. The predicted molar refractivity (Wildman–Crippen MR) is 68.8 cm³/mol. The van der Waals surface area contributed by atoms with Crippen LogP contribution in [0.25, 0.3) is 0 Å². The molecule has 1 atom stereocenters. The van der Waals surface area contributed by atoms with Gasteiger partial charge >= 0.3 is 12.0 Å². The van der Waals surface area contributed by atoms with Crippen LogP contribution in [-0.4, -0.2) is 67.8 Å². The highest BCUT2D eigenvalue weighted by Crippen LogP contribution is 2.16. The molecule has 1 unspecified atom stereocenters. The minimum absolute atomic E-state index is 0.0550. The van der Waals surface area contributed by atoms with E-state index in [1.165, 1.54) is 20.0 Å². The monoisotopic (exact) mass is 270 g/mol.